The number of hydrogen-bond acceptors (Lipinski definition) is 4. The smallest absolute Gasteiger partial charge is 0.407 e. The molecule has 0 radical (unpaired) electrons. The van der Waals surface area contributed by atoms with E-state index in [0.717, 1.165) is 12.0 Å². The number of alkyl carbamates (subject to hydrolysis) is 1. The molecule has 7 heteroatoms. The van der Waals surface area contributed by atoms with Crippen molar-refractivity contribution in [2.45, 2.75) is 44.8 Å². The van der Waals surface area contributed by atoms with Gasteiger partial charge in [-0.3, -0.25) is 4.79 Å². The maximum atomic E-state index is 11.7. The van der Waals surface area contributed by atoms with Crippen molar-refractivity contribution in [3.05, 3.63) is 35.9 Å². The highest BCUT2D eigenvalue weighted by atomic mass is 16.5. The summed E-state index contributed by atoms with van der Waals surface area (Å²) in [6.07, 6.45) is 6.76. The molecule has 0 bridgehead atoms. The monoisotopic (exact) mass is 360 g/mol. The fourth-order valence-electron chi connectivity index (χ4n) is 2.14. The van der Waals surface area contributed by atoms with Crippen LogP contribution in [0.3, 0.4) is 0 Å². The second-order valence-electron chi connectivity index (χ2n) is 5.67. The Morgan fingerprint density at radius 2 is 1.88 bits per heavy atom. The molecule has 1 atom stereocenters. The van der Waals surface area contributed by atoms with E-state index in [0.29, 0.717) is 19.4 Å². The third kappa shape index (κ3) is 9.33. The van der Waals surface area contributed by atoms with Gasteiger partial charge in [0.1, 0.15) is 12.6 Å². The molecule has 26 heavy (non-hydrogen) atoms. The predicted octanol–water partition coefficient (Wildman–Crippen LogP) is 2.07. The van der Waals surface area contributed by atoms with Crippen LogP contribution >= 0.6 is 0 Å². The Balaban J connectivity index is 2.06. The van der Waals surface area contributed by atoms with Gasteiger partial charge in [-0.15, -0.1) is 12.3 Å². The first-order valence-electron chi connectivity index (χ1n) is 8.43. The van der Waals surface area contributed by atoms with Crippen LogP contribution in [0.4, 0.5) is 4.79 Å². The lowest BCUT2D eigenvalue weighted by atomic mass is 10.1. The van der Waals surface area contributed by atoms with Crippen LogP contribution in [-0.2, 0) is 20.9 Å². The number of benzene rings is 1. The van der Waals surface area contributed by atoms with Gasteiger partial charge in [0.2, 0.25) is 5.91 Å². The number of carbonyl (C=O) groups excluding carboxylic acids is 2. The van der Waals surface area contributed by atoms with Crippen molar-refractivity contribution in [2.24, 2.45) is 0 Å². The number of ether oxygens (including phenoxy) is 1. The van der Waals surface area contributed by atoms with Crippen LogP contribution < -0.4 is 10.6 Å². The van der Waals surface area contributed by atoms with E-state index in [4.69, 9.17) is 16.3 Å². The number of terminal acetylenes is 1. The molecule has 0 saturated heterocycles. The summed E-state index contributed by atoms with van der Waals surface area (Å²) >= 11 is 0. The summed E-state index contributed by atoms with van der Waals surface area (Å²) in [6.45, 7) is 0.666. The Kier molecular flexibility index (Phi) is 10.0. The van der Waals surface area contributed by atoms with Crippen LogP contribution in [0.25, 0.3) is 0 Å². The summed E-state index contributed by atoms with van der Waals surface area (Å²) in [5.74, 6) is 0.734. The lowest BCUT2D eigenvalue weighted by Crippen LogP contribution is -2.40. The maximum absolute atomic E-state index is 11.7. The third-order valence-corrected chi connectivity index (χ3v) is 3.52. The maximum Gasteiger partial charge on any atom is 0.407 e. The van der Waals surface area contributed by atoms with Crippen LogP contribution in [0.2, 0.25) is 0 Å². The van der Waals surface area contributed by atoms with E-state index in [9.17, 15) is 14.4 Å². The number of hydrogen-bond donors (Lipinski definition) is 3. The highest BCUT2D eigenvalue weighted by Gasteiger charge is 2.18. The van der Waals surface area contributed by atoms with Gasteiger partial charge in [0.25, 0.3) is 0 Å². The van der Waals surface area contributed by atoms with Gasteiger partial charge in [-0.2, -0.15) is 0 Å². The van der Waals surface area contributed by atoms with Crippen LogP contribution in [0, 0.1) is 12.3 Å². The van der Waals surface area contributed by atoms with Crippen molar-refractivity contribution in [3.8, 4) is 12.3 Å². The zero-order valence-electron chi connectivity index (χ0n) is 14.6. The predicted molar refractivity (Wildman–Crippen MR) is 96.1 cm³/mol. The quantitative estimate of drug-likeness (QED) is 0.414. The Labute approximate surface area is 153 Å². The SMILES string of the molecule is C#CC[C@@H](NC(=O)CCCCCNC(=O)OCc1ccccc1)C(=O)O. The molecule has 0 aliphatic heterocycles. The Morgan fingerprint density at radius 1 is 1.15 bits per heavy atom. The molecule has 0 aliphatic rings. The van der Waals surface area contributed by atoms with Gasteiger partial charge in [0.05, 0.1) is 0 Å². The lowest BCUT2D eigenvalue weighted by Gasteiger charge is -2.11. The number of aliphatic carboxylic acids is 1. The summed E-state index contributed by atoms with van der Waals surface area (Å²) in [4.78, 5) is 34.1. The molecule has 2 amide bonds. The largest absolute Gasteiger partial charge is 0.480 e. The Hall–Kier alpha value is -3.01. The first-order valence-corrected chi connectivity index (χ1v) is 8.43. The van der Waals surface area contributed by atoms with E-state index in [1.165, 1.54) is 0 Å². The lowest BCUT2D eigenvalue weighted by molar-refractivity contribution is -0.141. The first kappa shape index (κ1) is 21.0. The van der Waals surface area contributed by atoms with Crippen LogP contribution in [0.1, 0.15) is 37.7 Å². The highest BCUT2D eigenvalue weighted by molar-refractivity contribution is 5.83. The summed E-state index contributed by atoms with van der Waals surface area (Å²) in [7, 11) is 0. The minimum Gasteiger partial charge on any atom is -0.480 e. The van der Waals surface area contributed by atoms with Gasteiger partial charge in [0.15, 0.2) is 0 Å². The second-order valence-corrected chi connectivity index (χ2v) is 5.67. The number of rotatable bonds is 11. The Bertz CT molecular complexity index is 625. The van der Waals surface area contributed by atoms with Gasteiger partial charge in [-0.1, -0.05) is 36.8 Å². The van der Waals surface area contributed by atoms with Crippen molar-refractivity contribution in [1.29, 1.82) is 0 Å². The number of nitrogens with one attached hydrogen (secondary N) is 2. The zero-order valence-corrected chi connectivity index (χ0v) is 14.6. The Morgan fingerprint density at radius 3 is 2.54 bits per heavy atom. The molecule has 3 N–H and O–H groups in total. The molecule has 1 aromatic rings. The molecule has 0 saturated carbocycles. The molecule has 140 valence electrons. The van der Waals surface area contributed by atoms with Crippen LogP contribution in [0.5, 0.6) is 0 Å². The number of carboxylic acids is 1. The fraction of sp³-hybridized carbons (Fsp3) is 0.421. The molecule has 0 heterocycles. The summed E-state index contributed by atoms with van der Waals surface area (Å²) in [5.41, 5.74) is 0.915. The van der Waals surface area contributed by atoms with Gasteiger partial charge in [0, 0.05) is 19.4 Å². The van der Waals surface area contributed by atoms with E-state index < -0.39 is 18.1 Å². The average molecular weight is 360 g/mol. The normalized spacial score (nSPS) is 11.0. The molecular weight excluding hydrogens is 336 g/mol. The van der Waals surface area contributed by atoms with E-state index in [-0.39, 0.29) is 25.4 Å². The van der Waals surface area contributed by atoms with E-state index in [1.54, 1.807) is 0 Å². The molecule has 0 unspecified atom stereocenters. The fourth-order valence-corrected chi connectivity index (χ4v) is 2.14. The third-order valence-electron chi connectivity index (χ3n) is 3.52. The first-order chi connectivity index (χ1) is 12.5. The molecule has 0 fully saturated rings. The van der Waals surface area contributed by atoms with Crippen molar-refractivity contribution in [1.82, 2.24) is 10.6 Å². The minimum atomic E-state index is -1.14. The molecular formula is C19H24N2O5. The summed E-state index contributed by atoms with van der Waals surface area (Å²) in [5, 5.41) is 13.9. The number of amides is 2. The molecule has 1 rings (SSSR count). The average Bonchev–Trinajstić information content (AvgIpc) is 2.63. The van der Waals surface area contributed by atoms with Crippen LogP contribution in [-0.4, -0.2) is 35.7 Å². The number of carbonyl (C=O) groups is 3. The molecule has 0 spiro atoms. The summed E-state index contributed by atoms with van der Waals surface area (Å²) < 4.78 is 5.08. The van der Waals surface area contributed by atoms with E-state index in [2.05, 4.69) is 16.6 Å². The van der Waals surface area contributed by atoms with Gasteiger partial charge in [-0.05, 0) is 18.4 Å². The number of unbranched alkanes of at least 4 members (excludes halogenated alkanes) is 2. The molecule has 0 aliphatic carbocycles. The topological polar surface area (TPSA) is 105 Å². The van der Waals surface area contributed by atoms with E-state index in [1.807, 2.05) is 30.3 Å². The van der Waals surface area contributed by atoms with Crippen molar-refractivity contribution in [3.63, 3.8) is 0 Å². The van der Waals surface area contributed by atoms with E-state index >= 15 is 0 Å². The van der Waals surface area contributed by atoms with Gasteiger partial charge in [-0.25, -0.2) is 9.59 Å². The minimum absolute atomic E-state index is 0.0455. The van der Waals surface area contributed by atoms with Crippen molar-refractivity contribution < 1.29 is 24.2 Å². The molecule has 7 nitrogen and oxygen atoms in total. The second kappa shape index (κ2) is 12.4. The summed E-state index contributed by atoms with van der Waals surface area (Å²) in [6, 6.07) is 8.33. The standard InChI is InChI=1S/C19H24N2O5/c1-2-9-16(18(23)24)21-17(22)12-7-4-8-13-20-19(25)26-14-15-10-5-3-6-11-15/h1,3,5-6,10-11,16H,4,7-9,12-14H2,(H,20,25)(H,21,22)(H,23,24)/t16-/m1/s1. The van der Waals surface area contributed by atoms with Crippen LogP contribution in [0.15, 0.2) is 30.3 Å². The molecule has 0 aromatic heterocycles. The van der Waals surface area contributed by atoms with Crippen molar-refractivity contribution in [2.75, 3.05) is 6.54 Å². The number of carboxylic acid groups (broad SMARTS) is 1. The van der Waals surface area contributed by atoms with Gasteiger partial charge < -0.3 is 20.5 Å². The molecule has 1 aromatic carbocycles. The zero-order chi connectivity index (χ0) is 19.2. The van der Waals surface area contributed by atoms with Crippen molar-refractivity contribution >= 4 is 18.0 Å². The highest BCUT2D eigenvalue weighted by Crippen LogP contribution is 2.02. The van der Waals surface area contributed by atoms with Gasteiger partial charge >= 0.3 is 12.1 Å².